The minimum Gasteiger partial charge on any atom is -0.495 e. The second kappa shape index (κ2) is 6.20. The lowest BCUT2D eigenvalue weighted by molar-refractivity contribution is -0.115. The van der Waals surface area contributed by atoms with Crippen LogP contribution in [0.2, 0.25) is 0 Å². The molecular formula is C17H13N3O3. The highest BCUT2D eigenvalue weighted by molar-refractivity contribution is 5.94. The molecule has 2 aromatic carbocycles. The molecule has 0 bridgehead atoms. The molecule has 1 aromatic heterocycles. The Morgan fingerprint density at radius 2 is 2.17 bits per heavy atom. The molecule has 1 amide bonds. The maximum absolute atomic E-state index is 11.6. The van der Waals surface area contributed by atoms with E-state index in [0.29, 0.717) is 28.5 Å². The summed E-state index contributed by atoms with van der Waals surface area (Å²) < 4.78 is 10.9. The van der Waals surface area contributed by atoms with Crippen molar-refractivity contribution in [1.82, 2.24) is 4.98 Å². The molecule has 0 atom stereocenters. The number of aromatic nitrogens is 1. The Morgan fingerprint density at radius 3 is 2.91 bits per heavy atom. The summed E-state index contributed by atoms with van der Waals surface area (Å²) in [6.45, 7) is 0. The van der Waals surface area contributed by atoms with Crippen molar-refractivity contribution in [2.75, 3.05) is 12.4 Å². The lowest BCUT2D eigenvalue weighted by Gasteiger charge is -2.10. The van der Waals surface area contributed by atoms with Crippen LogP contribution in [0.3, 0.4) is 0 Å². The van der Waals surface area contributed by atoms with Crippen LogP contribution in [0.25, 0.3) is 22.6 Å². The van der Waals surface area contributed by atoms with E-state index >= 15 is 0 Å². The van der Waals surface area contributed by atoms with Crippen LogP contribution in [0, 0.1) is 11.3 Å². The van der Waals surface area contributed by atoms with Gasteiger partial charge < -0.3 is 14.5 Å². The third-order valence-corrected chi connectivity index (χ3v) is 3.25. The lowest BCUT2D eigenvalue weighted by atomic mass is 10.1. The monoisotopic (exact) mass is 307 g/mol. The molecule has 6 nitrogen and oxygen atoms in total. The predicted octanol–water partition coefficient (Wildman–Crippen LogP) is 3.36. The van der Waals surface area contributed by atoms with Crippen molar-refractivity contribution in [2.24, 2.45) is 0 Å². The number of hydrogen-bond acceptors (Lipinski definition) is 5. The average Bonchev–Trinajstić information content (AvgIpc) is 2.99. The standard InChI is InChI=1S/C17H13N3O3/c1-22-14-7-6-11(10-13(14)19-16(21)8-9-18)17-20-12-4-2-3-5-15(12)23-17/h2-7,10H,8H2,1H3,(H,19,21). The number of anilines is 1. The van der Waals surface area contributed by atoms with Gasteiger partial charge in [0.1, 0.15) is 17.7 Å². The first-order valence-electron chi connectivity index (χ1n) is 6.92. The Kier molecular flexibility index (Phi) is 3.93. The van der Waals surface area contributed by atoms with E-state index in [1.165, 1.54) is 7.11 Å². The predicted molar refractivity (Wildman–Crippen MR) is 84.9 cm³/mol. The fourth-order valence-electron chi connectivity index (χ4n) is 2.20. The van der Waals surface area contributed by atoms with Gasteiger partial charge in [-0.2, -0.15) is 5.26 Å². The first kappa shape index (κ1) is 14.6. The van der Waals surface area contributed by atoms with Crippen molar-refractivity contribution in [2.45, 2.75) is 6.42 Å². The summed E-state index contributed by atoms with van der Waals surface area (Å²) in [7, 11) is 1.51. The molecule has 0 fully saturated rings. The van der Waals surface area contributed by atoms with Gasteiger partial charge in [-0.05, 0) is 30.3 Å². The van der Waals surface area contributed by atoms with E-state index in [4.69, 9.17) is 14.4 Å². The van der Waals surface area contributed by atoms with Gasteiger partial charge in [-0.1, -0.05) is 12.1 Å². The SMILES string of the molecule is COc1ccc(-c2nc3ccccc3o2)cc1NC(=O)CC#N. The topological polar surface area (TPSA) is 88.2 Å². The second-order valence-corrected chi connectivity index (χ2v) is 4.78. The van der Waals surface area contributed by atoms with Crippen LogP contribution in [-0.4, -0.2) is 18.0 Å². The number of carbonyl (C=O) groups is 1. The number of oxazole rings is 1. The number of benzene rings is 2. The largest absolute Gasteiger partial charge is 0.495 e. The third kappa shape index (κ3) is 2.99. The zero-order valence-electron chi connectivity index (χ0n) is 12.4. The minimum absolute atomic E-state index is 0.226. The highest BCUT2D eigenvalue weighted by Crippen LogP contribution is 2.31. The number of rotatable bonds is 4. The van der Waals surface area contributed by atoms with Gasteiger partial charge in [-0.15, -0.1) is 0 Å². The zero-order chi connectivity index (χ0) is 16.2. The van der Waals surface area contributed by atoms with Crippen molar-refractivity contribution >= 4 is 22.7 Å². The molecule has 3 aromatic rings. The molecule has 3 rings (SSSR count). The van der Waals surface area contributed by atoms with Crippen LogP contribution in [0.5, 0.6) is 5.75 Å². The number of nitrogens with zero attached hydrogens (tertiary/aromatic N) is 2. The molecule has 6 heteroatoms. The number of ether oxygens (including phenoxy) is 1. The molecule has 0 aliphatic carbocycles. The van der Waals surface area contributed by atoms with Gasteiger partial charge in [-0.25, -0.2) is 4.98 Å². The minimum atomic E-state index is -0.402. The molecule has 0 unspecified atom stereocenters. The summed E-state index contributed by atoms with van der Waals surface area (Å²) in [6.07, 6.45) is -0.226. The van der Waals surface area contributed by atoms with Crippen LogP contribution >= 0.6 is 0 Å². The lowest BCUT2D eigenvalue weighted by Crippen LogP contribution is -2.11. The number of fused-ring (bicyclic) bond motifs is 1. The van der Waals surface area contributed by atoms with Gasteiger partial charge in [0.25, 0.3) is 0 Å². The van der Waals surface area contributed by atoms with Crippen molar-refractivity contribution < 1.29 is 13.9 Å². The number of amides is 1. The van der Waals surface area contributed by atoms with Crippen molar-refractivity contribution in [3.63, 3.8) is 0 Å². The Labute approximate surface area is 132 Å². The number of methoxy groups -OCH3 is 1. The first-order valence-corrected chi connectivity index (χ1v) is 6.92. The molecule has 114 valence electrons. The van der Waals surface area contributed by atoms with E-state index in [1.54, 1.807) is 24.3 Å². The summed E-state index contributed by atoms with van der Waals surface area (Å²) >= 11 is 0. The fraction of sp³-hybridized carbons (Fsp3) is 0.118. The molecule has 0 radical (unpaired) electrons. The van der Waals surface area contributed by atoms with Crippen molar-refractivity contribution in [3.8, 4) is 23.3 Å². The van der Waals surface area contributed by atoms with Crippen LogP contribution in [0.1, 0.15) is 6.42 Å². The van der Waals surface area contributed by atoms with Crippen LogP contribution in [0.4, 0.5) is 5.69 Å². The number of carbonyl (C=O) groups excluding carboxylic acids is 1. The zero-order valence-corrected chi connectivity index (χ0v) is 12.4. The third-order valence-electron chi connectivity index (χ3n) is 3.25. The van der Waals surface area contributed by atoms with Crippen LogP contribution < -0.4 is 10.1 Å². The number of nitrogens with one attached hydrogen (secondary N) is 1. The Bertz CT molecular complexity index is 876. The highest BCUT2D eigenvalue weighted by atomic mass is 16.5. The van der Waals surface area contributed by atoms with Gasteiger partial charge in [0.15, 0.2) is 5.58 Å². The molecule has 1 heterocycles. The summed E-state index contributed by atoms with van der Waals surface area (Å²) in [4.78, 5) is 16.1. The number of para-hydroxylation sites is 2. The van der Waals surface area contributed by atoms with Crippen LogP contribution in [-0.2, 0) is 4.79 Å². The first-order chi connectivity index (χ1) is 11.2. The number of nitriles is 1. The van der Waals surface area contributed by atoms with Crippen molar-refractivity contribution in [3.05, 3.63) is 42.5 Å². The second-order valence-electron chi connectivity index (χ2n) is 4.78. The van der Waals surface area contributed by atoms with E-state index in [-0.39, 0.29) is 6.42 Å². The van der Waals surface area contributed by atoms with E-state index < -0.39 is 5.91 Å². The highest BCUT2D eigenvalue weighted by Gasteiger charge is 2.13. The normalized spacial score (nSPS) is 10.3. The fourth-order valence-corrected chi connectivity index (χ4v) is 2.20. The molecular weight excluding hydrogens is 294 g/mol. The number of hydrogen-bond donors (Lipinski definition) is 1. The summed E-state index contributed by atoms with van der Waals surface area (Å²) in [6, 6.07) is 14.5. The van der Waals surface area contributed by atoms with E-state index in [1.807, 2.05) is 24.3 Å². The smallest absolute Gasteiger partial charge is 0.238 e. The Morgan fingerprint density at radius 1 is 1.35 bits per heavy atom. The quantitative estimate of drug-likeness (QED) is 0.798. The Balaban J connectivity index is 1.99. The summed E-state index contributed by atoms with van der Waals surface area (Å²) in [5.74, 6) is 0.543. The summed E-state index contributed by atoms with van der Waals surface area (Å²) in [5.41, 5.74) is 2.61. The summed E-state index contributed by atoms with van der Waals surface area (Å²) in [5, 5.41) is 11.2. The molecule has 0 aliphatic heterocycles. The van der Waals surface area contributed by atoms with Gasteiger partial charge in [0.2, 0.25) is 11.8 Å². The average molecular weight is 307 g/mol. The van der Waals surface area contributed by atoms with Crippen LogP contribution in [0.15, 0.2) is 46.9 Å². The van der Waals surface area contributed by atoms with E-state index in [0.717, 1.165) is 5.52 Å². The molecule has 0 spiro atoms. The molecule has 23 heavy (non-hydrogen) atoms. The molecule has 0 saturated heterocycles. The van der Waals surface area contributed by atoms with Crippen molar-refractivity contribution in [1.29, 1.82) is 5.26 Å². The Hall–Kier alpha value is -3.33. The van der Waals surface area contributed by atoms with Gasteiger partial charge in [0.05, 0.1) is 18.9 Å². The van der Waals surface area contributed by atoms with Gasteiger partial charge in [-0.3, -0.25) is 4.79 Å². The molecule has 0 aliphatic rings. The van der Waals surface area contributed by atoms with Gasteiger partial charge in [0, 0.05) is 5.56 Å². The maximum Gasteiger partial charge on any atom is 0.238 e. The van der Waals surface area contributed by atoms with Gasteiger partial charge >= 0.3 is 0 Å². The molecule has 0 saturated carbocycles. The van der Waals surface area contributed by atoms with E-state index in [9.17, 15) is 4.79 Å². The van der Waals surface area contributed by atoms with E-state index in [2.05, 4.69) is 10.3 Å². The maximum atomic E-state index is 11.6. The molecule has 1 N–H and O–H groups in total.